The van der Waals surface area contributed by atoms with Crippen LogP contribution < -0.4 is 0 Å². The maximum atomic E-state index is 4.70. The zero-order valence-electron chi connectivity index (χ0n) is 22.5. The minimum atomic E-state index is 1.02. The van der Waals surface area contributed by atoms with Gasteiger partial charge in [0.1, 0.15) is 0 Å². The monoisotopic (exact) mass is 504 g/mol. The Kier molecular flexibility index (Phi) is 7.65. The summed E-state index contributed by atoms with van der Waals surface area (Å²) in [6.07, 6.45) is 22.3. The summed E-state index contributed by atoms with van der Waals surface area (Å²) >= 11 is 0. The van der Waals surface area contributed by atoms with Crippen molar-refractivity contribution in [2.24, 2.45) is 4.99 Å². The van der Waals surface area contributed by atoms with Crippen molar-refractivity contribution in [3.05, 3.63) is 151 Å². The highest BCUT2D eigenvalue weighted by molar-refractivity contribution is 6.21. The fourth-order valence-corrected chi connectivity index (χ4v) is 4.99. The smallest absolute Gasteiger partial charge is 0.0737 e. The van der Waals surface area contributed by atoms with Gasteiger partial charge in [0, 0.05) is 22.7 Å². The van der Waals surface area contributed by atoms with Gasteiger partial charge < -0.3 is 4.57 Å². The lowest BCUT2D eigenvalue weighted by atomic mass is 9.94. The van der Waals surface area contributed by atoms with Crippen LogP contribution in [0.1, 0.15) is 36.2 Å². The lowest BCUT2D eigenvalue weighted by Gasteiger charge is -2.16. The molecule has 0 fully saturated rings. The number of rotatable bonds is 9. The van der Waals surface area contributed by atoms with Gasteiger partial charge in [-0.25, -0.2) is 4.99 Å². The Hall–Kier alpha value is -4.95. The number of para-hydroxylation sites is 1. The van der Waals surface area contributed by atoms with E-state index in [4.69, 9.17) is 4.99 Å². The summed E-state index contributed by atoms with van der Waals surface area (Å²) in [5.74, 6) is 0. The molecule has 0 radical (unpaired) electrons. The molecule has 39 heavy (non-hydrogen) atoms. The highest BCUT2D eigenvalue weighted by atomic mass is 15.0. The van der Waals surface area contributed by atoms with E-state index in [1.54, 1.807) is 6.08 Å². The maximum Gasteiger partial charge on any atom is 0.0737 e. The fraction of sp³-hybridized carbons (Fsp3) is 0.0541. The second kappa shape index (κ2) is 11.6. The van der Waals surface area contributed by atoms with Gasteiger partial charge in [-0.1, -0.05) is 98.2 Å². The van der Waals surface area contributed by atoms with Crippen molar-refractivity contribution in [2.45, 2.75) is 13.8 Å². The van der Waals surface area contributed by atoms with Gasteiger partial charge >= 0.3 is 0 Å². The molecule has 3 aromatic carbocycles. The summed E-state index contributed by atoms with van der Waals surface area (Å²) in [7, 11) is 0. The van der Waals surface area contributed by atoms with E-state index < -0.39 is 0 Å². The van der Waals surface area contributed by atoms with Crippen LogP contribution in [0.25, 0.3) is 46.0 Å². The standard InChI is InChI=1S/C37H32N2/c1-5-9-10-13-23-39-36(16-7-3)31(8-4)33-25-30(21-22-37(33)39)29-18-14-17-28(24-29)27(15-6-2)26-35-32-19-11-12-20-34(32)38-35/h5-26H,1,4H2,2-3H3/b10-9-,15-6-,16-7-,23-13-,27-26+. The van der Waals surface area contributed by atoms with Crippen molar-refractivity contribution < 1.29 is 0 Å². The lowest BCUT2D eigenvalue weighted by molar-refractivity contribution is 1.20. The molecule has 4 aromatic rings. The van der Waals surface area contributed by atoms with E-state index in [1.807, 2.05) is 44.2 Å². The molecular weight excluding hydrogens is 472 g/mol. The third-order valence-corrected chi connectivity index (χ3v) is 6.79. The van der Waals surface area contributed by atoms with Crippen molar-refractivity contribution >= 4 is 46.2 Å². The number of aromatic nitrogens is 1. The van der Waals surface area contributed by atoms with Gasteiger partial charge in [0.05, 0.1) is 22.6 Å². The maximum absolute atomic E-state index is 4.70. The second-order valence-electron chi connectivity index (χ2n) is 9.26. The van der Waals surface area contributed by atoms with Crippen LogP contribution in [0.3, 0.4) is 0 Å². The Bertz CT molecular complexity index is 1750. The number of hydrogen-bond acceptors (Lipinski definition) is 1. The zero-order valence-corrected chi connectivity index (χ0v) is 22.5. The van der Waals surface area contributed by atoms with Crippen LogP contribution in [-0.2, 0) is 0 Å². The van der Waals surface area contributed by atoms with Gasteiger partial charge in [-0.3, -0.25) is 0 Å². The van der Waals surface area contributed by atoms with Gasteiger partial charge in [-0.05, 0) is 78.6 Å². The first-order chi connectivity index (χ1) is 19.2. The summed E-state index contributed by atoms with van der Waals surface area (Å²) in [5.41, 5.74) is 11.3. The average molecular weight is 505 g/mol. The number of benzene rings is 3. The van der Waals surface area contributed by atoms with Crippen LogP contribution in [0, 0.1) is 0 Å². The quantitative estimate of drug-likeness (QED) is 0.202. The van der Waals surface area contributed by atoms with Crippen LogP contribution in [0.4, 0.5) is 5.69 Å². The molecule has 0 bridgehead atoms. The lowest BCUT2D eigenvalue weighted by Crippen LogP contribution is -2.06. The van der Waals surface area contributed by atoms with E-state index in [-0.39, 0.29) is 0 Å². The first-order valence-corrected chi connectivity index (χ1v) is 13.2. The second-order valence-corrected chi connectivity index (χ2v) is 9.26. The molecule has 1 aromatic heterocycles. The molecule has 2 nitrogen and oxygen atoms in total. The van der Waals surface area contributed by atoms with Crippen LogP contribution in [0.5, 0.6) is 0 Å². The van der Waals surface area contributed by atoms with Crippen LogP contribution in [-0.4, -0.2) is 10.3 Å². The third kappa shape index (κ3) is 5.10. The van der Waals surface area contributed by atoms with Crippen LogP contribution >= 0.6 is 0 Å². The SMILES string of the molecule is C=C/C=C\C=C/n1c(/C=C\C)c(C=C)c2cc(-c3cccc(C(/C=C\C)=C/C4=Nc5ccccc54)c3)ccc21. The van der Waals surface area contributed by atoms with Crippen molar-refractivity contribution in [2.75, 3.05) is 0 Å². The minimum Gasteiger partial charge on any atom is -0.316 e. The van der Waals surface area contributed by atoms with Crippen molar-refractivity contribution in [1.82, 2.24) is 4.57 Å². The Morgan fingerprint density at radius 1 is 0.846 bits per heavy atom. The molecule has 2 heteroatoms. The molecule has 0 saturated carbocycles. The van der Waals surface area contributed by atoms with E-state index in [0.717, 1.165) is 39.3 Å². The van der Waals surface area contributed by atoms with Gasteiger partial charge in [-0.2, -0.15) is 0 Å². The largest absolute Gasteiger partial charge is 0.316 e. The normalized spacial score (nSPS) is 13.5. The van der Waals surface area contributed by atoms with E-state index in [0.29, 0.717) is 0 Å². The molecule has 1 aliphatic rings. The molecule has 0 spiro atoms. The molecule has 0 N–H and O–H groups in total. The van der Waals surface area contributed by atoms with E-state index in [2.05, 4.69) is 115 Å². The van der Waals surface area contributed by atoms with Gasteiger partial charge in [0.15, 0.2) is 0 Å². The molecule has 1 aliphatic heterocycles. The van der Waals surface area contributed by atoms with Gasteiger partial charge in [0.2, 0.25) is 0 Å². The number of hydrogen-bond donors (Lipinski definition) is 0. The summed E-state index contributed by atoms with van der Waals surface area (Å²) in [6.45, 7) is 12.0. The van der Waals surface area contributed by atoms with Crippen molar-refractivity contribution in [3.8, 4) is 11.1 Å². The zero-order chi connectivity index (χ0) is 27.2. The Morgan fingerprint density at radius 3 is 2.46 bits per heavy atom. The molecular formula is C37H32N2. The van der Waals surface area contributed by atoms with Crippen LogP contribution in [0.15, 0.2) is 133 Å². The van der Waals surface area contributed by atoms with Gasteiger partial charge in [0.25, 0.3) is 0 Å². The minimum absolute atomic E-state index is 1.02. The molecule has 190 valence electrons. The Morgan fingerprint density at radius 2 is 1.69 bits per heavy atom. The fourth-order valence-electron chi connectivity index (χ4n) is 4.99. The summed E-state index contributed by atoms with van der Waals surface area (Å²) in [6, 6.07) is 23.7. The van der Waals surface area contributed by atoms with Crippen LogP contribution in [0.2, 0.25) is 0 Å². The number of nitrogens with zero attached hydrogens (tertiary/aromatic N) is 2. The summed E-state index contributed by atoms with van der Waals surface area (Å²) < 4.78 is 2.21. The molecule has 0 atom stereocenters. The van der Waals surface area contributed by atoms with E-state index in [9.17, 15) is 0 Å². The third-order valence-electron chi connectivity index (χ3n) is 6.79. The van der Waals surface area contributed by atoms with Crippen molar-refractivity contribution in [1.29, 1.82) is 0 Å². The van der Waals surface area contributed by atoms with Crippen molar-refractivity contribution in [3.63, 3.8) is 0 Å². The first kappa shape index (κ1) is 25.7. The molecule has 0 saturated heterocycles. The topological polar surface area (TPSA) is 17.3 Å². The first-order valence-electron chi connectivity index (χ1n) is 13.2. The molecule has 0 amide bonds. The average Bonchev–Trinajstić information content (AvgIpc) is 3.25. The molecule has 0 aliphatic carbocycles. The number of fused-ring (bicyclic) bond motifs is 2. The highest BCUT2D eigenvalue weighted by Gasteiger charge is 2.17. The summed E-state index contributed by atoms with van der Waals surface area (Å²) in [5, 5.41) is 1.17. The number of allylic oxidation sites excluding steroid dienone is 9. The van der Waals surface area contributed by atoms with E-state index in [1.165, 1.54) is 22.1 Å². The number of aliphatic imine (C=N–C) groups is 1. The predicted octanol–water partition coefficient (Wildman–Crippen LogP) is 10.3. The molecule has 2 heterocycles. The molecule has 5 rings (SSSR count). The predicted molar refractivity (Wildman–Crippen MR) is 172 cm³/mol. The Balaban J connectivity index is 1.58. The Labute approximate surface area is 231 Å². The van der Waals surface area contributed by atoms with E-state index >= 15 is 0 Å². The highest BCUT2D eigenvalue weighted by Crippen LogP contribution is 2.35. The molecule has 0 unspecified atom stereocenters. The summed E-state index contributed by atoms with van der Waals surface area (Å²) in [4.78, 5) is 4.70. The van der Waals surface area contributed by atoms with Gasteiger partial charge in [-0.15, -0.1) is 0 Å².